The highest BCUT2D eigenvalue weighted by atomic mass is 16.4. The molecule has 82 valence electrons. The molecule has 0 saturated carbocycles. The van der Waals surface area contributed by atoms with Crippen molar-refractivity contribution in [2.45, 2.75) is 45.1 Å². The lowest BCUT2D eigenvalue weighted by Gasteiger charge is -2.24. The lowest BCUT2D eigenvalue weighted by atomic mass is 9.90. The minimum Gasteiger partial charge on any atom is -0.481 e. The summed E-state index contributed by atoms with van der Waals surface area (Å²) in [5.74, 6) is -0.318. The van der Waals surface area contributed by atoms with Gasteiger partial charge in [0.05, 0.1) is 12.0 Å². The molecule has 0 radical (unpaired) electrons. The van der Waals surface area contributed by atoms with Gasteiger partial charge in [-0.25, -0.2) is 4.98 Å². The highest BCUT2D eigenvalue weighted by Crippen LogP contribution is 2.32. The number of imidazole rings is 1. The number of rotatable bonds is 3. The Labute approximate surface area is 88.9 Å². The molecule has 0 amide bonds. The average Bonchev–Trinajstić information content (AvgIpc) is 2.58. The normalized spacial score (nSPS) is 19.9. The predicted octanol–water partition coefficient (Wildman–Crippen LogP) is 1.93. The summed E-state index contributed by atoms with van der Waals surface area (Å²) < 4.78 is 2.17. The smallest absolute Gasteiger partial charge is 0.303 e. The highest BCUT2D eigenvalue weighted by molar-refractivity contribution is 5.66. The SMILES string of the molecule is Cc1ncn2c1C(CCC(=O)O)CCC2. The van der Waals surface area contributed by atoms with Crippen LogP contribution < -0.4 is 0 Å². The molecule has 1 aromatic heterocycles. The largest absolute Gasteiger partial charge is 0.481 e. The van der Waals surface area contributed by atoms with Crippen LogP contribution in [0.15, 0.2) is 6.33 Å². The van der Waals surface area contributed by atoms with Crippen molar-refractivity contribution in [2.24, 2.45) is 0 Å². The van der Waals surface area contributed by atoms with Crippen LogP contribution >= 0.6 is 0 Å². The van der Waals surface area contributed by atoms with Crippen molar-refractivity contribution in [2.75, 3.05) is 0 Å². The van der Waals surface area contributed by atoms with Crippen LogP contribution in [0.1, 0.15) is 43.0 Å². The number of nitrogens with zero attached hydrogens (tertiary/aromatic N) is 2. The fourth-order valence-corrected chi connectivity index (χ4v) is 2.42. The molecule has 2 rings (SSSR count). The maximum atomic E-state index is 10.6. The number of aliphatic carboxylic acids is 1. The minimum atomic E-state index is -0.704. The monoisotopic (exact) mass is 208 g/mol. The van der Waals surface area contributed by atoms with E-state index in [-0.39, 0.29) is 6.42 Å². The summed E-state index contributed by atoms with van der Waals surface area (Å²) >= 11 is 0. The summed E-state index contributed by atoms with van der Waals surface area (Å²) in [6, 6.07) is 0. The zero-order chi connectivity index (χ0) is 10.8. The Hall–Kier alpha value is -1.32. The Kier molecular flexibility index (Phi) is 2.75. The molecule has 4 nitrogen and oxygen atoms in total. The molecule has 0 fully saturated rings. The highest BCUT2D eigenvalue weighted by Gasteiger charge is 2.23. The van der Waals surface area contributed by atoms with E-state index < -0.39 is 5.97 Å². The van der Waals surface area contributed by atoms with Crippen LogP contribution in [-0.2, 0) is 11.3 Å². The first kappa shape index (κ1) is 10.2. The number of fused-ring (bicyclic) bond motifs is 1. The molecule has 2 heterocycles. The predicted molar refractivity (Wildman–Crippen MR) is 55.8 cm³/mol. The van der Waals surface area contributed by atoms with E-state index in [1.165, 1.54) is 5.69 Å². The van der Waals surface area contributed by atoms with Crippen LogP contribution in [0.25, 0.3) is 0 Å². The van der Waals surface area contributed by atoms with Gasteiger partial charge in [-0.15, -0.1) is 0 Å². The van der Waals surface area contributed by atoms with Crippen molar-refractivity contribution in [3.8, 4) is 0 Å². The Morgan fingerprint density at radius 3 is 3.27 bits per heavy atom. The van der Waals surface area contributed by atoms with Crippen LogP contribution in [0.2, 0.25) is 0 Å². The van der Waals surface area contributed by atoms with Gasteiger partial charge in [0.15, 0.2) is 0 Å². The first-order valence-corrected chi connectivity index (χ1v) is 5.42. The zero-order valence-corrected chi connectivity index (χ0v) is 8.94. The molecular formula is C11H16N2O2. The lowest BCUT2D eigenvalue weighted by molar-refractivity contribution is -0.137. The second-order valence-electron chi connectivity index (χ2n) is 4.18. The molecule has 4 heteroatoms. The number of hydrogen-bond acceptors (Lipinski definition) is 2. The van der Waals surface area contributed by atoms with Gasteiger partial charge in [0.25, 0.3) is 0 Å². The standard InChI is InChI=1S/C11H16N2O2/c1-8-11-9(4-5-10(14)15)3-2-6-13(11)7-12-8/h7,9H,2-6H2,1H3,(H,14,15). The molecule has 1 N–H and O–H groups in total. The van der Waals surface area contributed by atoms with E-state index in [0.717, 1.165) is 31.5 Å². The maximum absolute atomic E-state index is 10.6. The molecule has 1 aliphatic rings. The Bertz CT molecular complexity index is 371. The minimum absolute atomic E-state index is 0.259. The molecular weight excluding hydrogens is 192 g/mol. The van der Waals surface area contributed by atoms with Gasteiger partial charge in [-0.05, 0) is 26.2 Å². The third-order valence-electron chi connectivity index (χ3n) is 3.12. The average molecular weight is 208 g/mol. The van der Waals surface area contributed by atoms with Crippen molar-refractivity contribution < 1.29 is 9.90 Å². The van der Waals surface area contributed by atoms with Gasteiger partial charge in [0.2, 0.25) is 0 Å². The fourth-order valence-electron chi connectivity index (χ4n) is 2.42. The molecule has 0 aliphatic carbocycles. The van der Waals surface area contributed by atoms with Gasteiger partial charge in [-0.3, -0.25) is 4.79 Å². The van der Waals surface area contributed by atoms with E-state index >= 15 is 0 Å². The molecule has 1 aliphatic heterocycles. The Morgan fingerprint density at radius 2 is 2.53 bits per heavy atom. The third kappa shape index (κ3) is 2.03. The van der Waals surface area contributed by atoms with E-state index in [1.807, 2.05) is 13.3 Å². The second-order valence-corrected chi connectivity index (χ2v) is 4.18. The van der Waals surface area contributed by atoms with E-state index in [2.05, 4.69) is 9.55 Å². The number of hydrogen-bond donors (Lipinski definition) is 1. The number of carbonyl (C=O) groups is 1. The van der Waals surface area contributed by atoms with Crippen molar-refractivity contribution in [1.29, 1.82) is 0 Å². The molecule has 0 spiro atoms. The van der Waals surface area contributed by atoms with Gasteiger partial charge < -0.3 is 9.67 Å². The van der Waals surface area contributed by atoms with Crippen molar-refractivity contribution in [1.82, 2.24) is 9.55 Å². The number of aryl methyl sites for hydroxylation is 2. The first-order chi connectivity index (χ1) is 7.18. The van der Waals surface area contributed by atoms with Crippen LogP contribution in [0.4, 0.5) is 0 Å². The maximum Gasteiger partial charge on any atom is 0.303 e. The summed E-state index contributed by atoms with van der Waals surface area (Å²) in [4.78, 5) is 14.8. The van der Waals surface area contributed by atoms with Gasteiger partial charge in [-0.2, -0.15) is 0 Å². The van der Waals surface area contributed by atoms with Crippen molar-refractivity contribution in [3.05, 3.63) is 17.7 Å². The van der Waals surface area contributed by atoms with Crippen LogP contribution in [0.5, 0.6) is 0 Å². The van der Waals surface area contributed by atoms with Crippen LogP contribution in [0.3, 0.4) is 0 Å². The second kappa shape index (κ2) is 4.04. The van der Waals surface area contributed by atoms with E-state index in [9.17, 15) is 4.79 Å². The zero-order valence-electron chi connectivity index (χ0n) is 8.94. The first-order valence-electron chi connectivity index (χ1n) is 5.42. The lowest BCUT2D eigenvalue weighted by Crippen LogP contribution is -2.16. The number of carboxylic acids is 1. The summed E-state index contributed by atoms with van der Waals surface area (Å²) in [5.41, 5.74) is 2.31. The molecule has 0 bridgehead atoms. The molecule has 0 aromatic carbocycles. The molecule has 1 aromatic rings. The Balaban J connectivity index is 2.14. The molecule has 15 heavy (non-hydrogen) atoms. The quantitative estimate of drug-likeness (QED) is 0.825. The van der Waals surface area contributed by atoms with Gasteiger partial charge >= 0.3 is 5.97 Å². The summed E-state index contributed by atoms with van der Waals surface area (Å²) in [7, 11) is 0. The van der Waals surface area contributed by atoms with Gasteiger partial charge in [0, 0.05) is 24.6 Å². The van der Waals surface area contributed by atoms with Crippen LogP contribution in [0, 0.1) is 6.92 Å². The summed E-state index contributed by atoms with van der Waals surface area (Å²) in [6.07, 6.45) is 5.10. The van der Waals surface area contributed by atoms with Gasteiger partial charge in [0.1, 0.15) is 0 Å². The summed E-state index contributed by atoms with van der Waals surface area (Å²) in [5, 5.41) is 8.69. The molecule has 1 atom stereocenters. The van der Waals surface area contributed by atoms with E-state index in [1.54, 1.807) is 0 Å². The van der Waals surface area contributed by atoms with Crippen molar-refractivity contribution in [3.63, 3.8) is 0 Å². The molecule has 1 unspecified atom stereocenters. The number of aromatic nitrogens is 2. The number of carboxylic acid groups (broad SMARTS) is 1. The molecule has 0 saturated heterocycles. The fraction of sp³-hybridized carbons (Fsp3) is 0.636. The van der Waals surface area contributed by atoms with E-state index in [0.29, 0.717) is 5.92 Å². The summed E-state index contributed by atoms with van der Waals surface area (Å²) in [6.45, 7) is 3.03. The Morgan fingerprint density at radius 1 is 1.73 bits per heavy atom. The topological polar surface area (TPSA) is 55.1 Å². The third-order valence-corrected chi connectivity index (χ3v) is 3.12. The van der Waals surface area contributed by atoms with Crippen LogP contribution in [-0.4, -0.2) is 20.6 Å². The van der Waals surface area contributed by atoms with Gasteiger partial charge in [-0.1, -0.05) is 0 Å². The van der Waals surface area contributed by atoms with Crippen molar-refractivity contribution >= 4 is 5.97 Å². The van der Waals surface area contributed by atoms with E-state index in [4.69, 9.17) is 5.11 Å².